The molecule has 0 aliphatic heterocycles. The van der Waals surface area contributed by atoms with E-state index in [1.54, 1.807) is 42.5 Å². The fourth-order valence-electron chi connectivity index (χ4n) is 15.3. The fraction of sp³-hybridized carbons (Fsp3) is 0.278. The number of hydrogen-bond donors (Lipinski definition) is 0. The van der Waals surface area contributed by atoms with Gasteiger partial charge in [-0.15, -0.1) is 0 Å². The van der Waals surface area contributed by atoms with Crippen LogP contribution >= 0.6 is 0 Å². The molecule has 0 saturated heterocycles. The molecule has 10 aromatic carbocycles. The monoisotopic (exact) mass is 2030 g/mol. The largest absolute Gasteiger partial charge is 0.748 e. The second kappa shape index (κ2) is 58.0. The molecule has 10 rings (SSSR count). The molecule has 42 radical (unpaired) electrons. The summed E-state index contributed by atoms with van der Waals surface area (Å²) in [6.07, 6.45) is -0.142. The molecule has 0 heterocycles. The summed E-state index contributed by atoms with van der Waals surface area (Å²) in [5, 5.41) is 0. The van der Waals surface area contributed by atoms with Crippen LogP contribution in [0.25, 0.3) is 0 Å². The molecule has 0 atom stereocenters. The van der Waals surface area contributed by atoms with Crippen molar-refractivity contribution in [1.29, 1.82) is 0 Å². The Kier molecular flexibility index (Phi) is 47.6. The van der Waals surface area contributed by atoms with Crippen LogP contribution < -0.4 is 33.2 Å². The first-order valence-electron chi connectivity index (χ1n) is 45.4. The summed E-state index contributed by atoms with van der Waals surface area (Å²) in [7, 11) is 109. The van der Waals surface area contributed by atoms with Gasteiger partial charge in [0.15, 0.2) is 11.5 Å². The lowest BCUT2D eigenvalue weighted by molar-refractivity contribution is 0.0503. The van der Waals surface area contributed by atoms with Crippen LogP contribution in [0.5, 0.6) is 40.2 Å². The minimum absolute atomic E-state index is 0.00463. The van der Waals surface area contributed by atoms with E-state index in [1.165, 1.54) is 54.6 Å². The third-order valence-electron chi connectivity index (χ3n) is 22.7. The molecule has 0 unspecified atom stereocenters. The number of esters is 10. The molecule has 0 fully saturated rings. The molecule has 0 N–H and O–H groups in total. The first-order chi connectivity index (χ1) is 71.3. The van der Waals surface area contributed by atoms with Gasteiger partial charge in [-0.1, -0.05) is 253 Å². The summed E-state index contributed by atoms with van der Waals surface area (Å²) in [5.41, 5.74) is 8.76. The number of ether oxygens (including phenoxy) is 10. The summed E-state index contributed by atoms with van der Waals surface area (Å²) in [4.78, 5) is 135. The Hall–Kier alpha value is -12.0. The van der Waals surface area contributed by atoms with E-state index in [2.05, 4.69) is 0 Å². The molecular formula is C97H76B21O29S3-3. The maximum Gasteiger partial charge on any atom is 0.345 e. The van der Waals surface area contributed by atoms with Gasteiger partial charge in [0.2, 0.25) is 0 Å². The minimum Gasteiger partial charge on any atom is -0.748 e. The van der Waals surface area contributed by atoms with E-state index in [1.807, 2.05) is 0 Å². The van der Waals surface area contributed by atoms with Crippen LogP contribution in [0.3, 0.4) is 0 Å². The van der Waals surface area contributed by atoms with E-state index < -0.39 is 156 Å². The highest BCUT2D eigenvalue weighted by Crippen LogP contribution is 2.40. The van der Waals surface area contributed by atoms with Crippen molar-refractivity contribution in [1.82, 2.24) is 0 Å². The Morgan fingerprint density at radius 3 is 0.633 bits per heavy atom. The molecule has 0 spiro atoms. The van der Waals surface area contributed by atoms with Crippen molar-refractivity contribution in [3.63, 3.8) is 0 Å². The van der Waals surface area contributed by atoms with Crippen molar-refractivity contribution >= 4 is 255 Å². The van der Waals surface area contributed by atoms with Crippen molar-refractivity contribution in [2.75, 3.05) is 37.1 Å². The zero-order chi connectivity index (χ0) is 111. The SMILES string of the molecule is [B]Cc1cc(C[B])c(C[B])c(C(=O)Oc2cc(OC(=O)c3cc(C[B])cc(C[B])c3C[B])c(C(=O)OCCS(=O)(=O)[O-])c(OC(=O)c3cc(C[B])cc(C[B])c3C[B])c2)c1.[B]Cc1cc(C[B])c(C[B])c(C(=O)Oc2cc(OC(=O)c3cc(C[B])cc(C[B])c3C[B])cc(C(=O)OCCS(=O)(=O)[O-])c2)c1.[B]Cc1cc(C[B])c(C[B])c(C(=O)Oc2ccc(C(=O)OCCS(=O)(=O)[O-])c(OC(=O)c3cc(C[B])cc(C[B])c3C[B])c2)c1. The Bertz CT molecular complexity index is 6890. The van der Waals surface area contributed by atoms with Gasteiger partial charge in [0.1, 0.15) is 59.7 Å². The van der Waals surface area contributed by atoms with Crippen molar-refractivity contribution < 1.29 is 134 Å². The predicted octanol–water partition coefficient (Wildman–Crippen LogP) is 2.74. The van der Waals surface area contributed by atoms with Gasteiger partial charge in [-0.3, -0.25) is 0 Å². The van der Waals surface area contributed by atoms with Gasteiger partial charge in [0.05, 0.1) is 257 Å². The molecule has 10 aromatic rings. The van der Waals surface area contributed by atoms with Gasteiger partial charge in [-0.25, -0.2) is 73.2 Å². The summed E-state index contributed by atoms with van der Waals surface area (Å²) in [5.74, 6) is -16.5. The second-order valence-corrected chi connectivity index (χ2v) is 36.9. The van der Waals surface area contributed by atoms with Crippen LogP contribution in [0.1, 0.15) is 220 Å². The maximum atomic E-state index is 14.1. The second-order valence-electron chi connectivity index (χ2n) is 32.3. The molecule has 150 heavy (non-hydrogen) atoms. The molecule has 0 aliphatic carbocycles. The molecular weight excluding hydrogens is 1950 g/mol. The van der Waals surface area contributed by atoms with Crippen LogP contribution in [0.4, 0.5) is 0 Å². The molecule has 0 aliphatic rings. The molecule has 0 bridgehead atoms. The van der Waals surface area contributed by atoms with Gasteiger partial charge < -0.3 is 61.0 Å². The van der Waals surface area contributed by atoms with Crippen molar-refractivity contribution in [2.24, 2.45) is 0 Å². The Balaban J connectivity index is 0.000000278. The highest BCUT2D eigenvalue weighted by Gasteiger charge is 2.33. The molecule has 29 nitrogen and oxygen atoms in total. The number of carbonyl (C=O) groups is 10. The average Bonchev–Trinajstić information content (AvgIpc) is 0.778. The number of hydrogen-bond acceptors (Lipinski definition) is 29. The standard InChI is InChI=1S/C39H31B9O11S.2C29H24B6O9S/c40-11-20-3-23(14-43)30(17-46)27(6-20)36(49)57-26-9-33(58-37(50)28-7-21(12-41)4-24(15-44)31(28)18-47)35(39(52)56-1-2-60(53,54)55)34(10-26)59-38(51)29-8-22(13-42)5-25(16-45)32(29)19-48;30-10-16-3-19(12-32)25(14-34)23(5-16)28(37)43-21-7-18(27(36)42-1-2-45(39,40)41)8-22(9-21)44-29(38)24-6-17(11-31)4-20(13-33)26(24)15-35;30-10-16-5-18(12-32)24(14-34)22(7-16)28(37)43-20-1-2-21(27(36)42-3-4-45(39,40)41)26(9-20)44-29(38)23-8-17(11-31)6-19(13-33)25(23)15-35/h3-10H,1-2,11-19H2,(H,53,54,55);3-9H,1-2,10-15H2,(H,39,40,41);1-2,5-9H,3-4,10-15H2,(H,39,40,41)/p-3. The van der Waals surface area contributed by atoms with Crippen molar-refractivity contribution in [3.05, 3.63) is 306 Å². The quantitative estimate of drug-likeness (QED) is 0.0174. The Morgan fingerprint density at radius 2 is 0.407 bits per heavy atom. The zero-order valence-corrected chi connectivity index (χ0v) is 83.4. The number of carbonyl (C=O) groups excluding carboxylic acids is 10. The van der Waals surface area contributed by atoms with Gasteiger partial charge in [0, 0.05) is 24.3 Å². The van der Waals surface area contributed by atoms with Gasteiger partial charge in [-0.05, 0) is 106 Å². The topological polar surface area (TPSA) is 435 Å². The van der Waals surface area contributed by atoms with Gasteiger partial charge >= 0.3 is 59.7 Å². The third kappa shape index (κ3) is 33.5. The van der Waals surface area contributed by atoms with E-state index in [0.29, 0.717) is 106 Å². The summed E-state index contributed by atoms with van der Waals surface area (Å²) < 4.78 is 154. The van der Waals surface area contributed by atoms with E-state index in [4.69, 9.17) is 212 Å². The zero-order valence-electron chi connectivity index (χ0n) is 81.0. The first-order valence-corrected chi connectivity index (χ1v) is 50.2. The van der Waals surface area contributed by atoms with E-state index in [0.717, 1.165) is 36.4 Å². The number of rotatable bonds is 47. The Morgan fingerprint density at radius 1 is 0.200 bits per heavy atom. The smallest absolute Gasteiger partial charge is 0.345 e. The van der Waals surface area contributed by atoms with Crippen LogP contribution in [0.15, 0.2) is 133 Å². The summed E-state index contributed by atoms with van der Waals surface area (Å²) in [6, 6.07) is 30.8. The lowest BCUT2D eigenvalue weighted by atomic mass is 9.81. The Labute approximate surface area is 898 Å². The lowest BCUT2D eigenvalue weighted by Gasteiger charge is -2.20. The summed E-state index contributed by atoms with van der Waals surface area (Å²) >= 11 is 0. The molecule has 722 valence electrons. The maximum absolute atomic E-state index is 14.1. The van der Waals surface area contributed by atoms with E-state index >= 15 is 0 Å². The predicted molar refractivity (Wildman–Crippen MR) is 572 cm³/mol. The number of benzene rings is 10. The van der Waals surface area contributed by atoms with E-state index in [9.17, 15) is 86.9 Å². The highest BCUT2D eigenvalue weighted by atomic mass is 32.2. The van der Waals surface area contributed by atoms with Crippen molar-refractivity contribution in [3.8, 4) is 40.2 Å². The fourth-order valence-corrected chi connectivity index (χ4v) is 16.2. The van der Waals surface area contributed by atoms with Crippen LogP contribution in [-0.2, 0) is 177 Å². The van der Waals surface area contributed by atoms with E-state index in [-0.39, 0.29) is 211 Å². The van der Waals surface area contributed by atoms with Crippen LogP contribution in [0.2, 0.25) is 0 Å². The molecule has 53 heteroatoms. The lowest BCUT2D eigenvalue weighted by Crippen LogP contribution is -2.21. The minimum atomic E-state index is -4.88. The molecule has 0 amide bonds. The first kappa shape index (κ1) is 123. The third-order valence-corrected chi connectivity index (χ3v) is 24.7. The van der Waals surface area contributed by atoms with Crippen molar-refractivity contribution in [2.45, 2.75) is 133 Å². The normalized spacial score (nSPS) is 11.1. The molecule has 0 aromatic heterocycles. The van der Waals surface area contributed by atoms with Crippen LogP contribution in [-0.4, -0.2) is 300 Å². The van der Waals surface area contributed by atoms with Crippen LogP contribution in [0, 0.1) is 0 Å². The molecule has 0 saturated carbocycles. The highest BCUT2D eigenvalue weighted by molar-refractivity contribution is 7.86. The average molecular weight is 2030 g/mol. The summed E-state index contributed by atoms with van der Waals surface area (Å²) in [6.45, 7) is -2.46. The van der Waals surface area contributed by atoms with Gasteiger partial charge in [0.25, 0.3) is 0 Å². The van der Waals surface area contributed by atoms with Gasteiger partial charge in [-0.2, -0.15) is 0 Å².